The Kier molecular flexibility index (Phi) is 3.23. The molecular formula is C16H18O5. The molecule has 0 aromatic carbocycles. The Morgan fingerprint density at radius 3 is 2.24 bits per heavy atom. The maximum atomic E-state index is 12.1. The Labute approximate surface area is 123 Å². The van der Waals surface area contributed by atoms with E-state index in [2.05, 4.69) is 6.08 Å². The van der Waals surface area contributed by atoms with Crippen LogP contribution >= 0.6 is 0 Å². The fraction of sp³-hybridized carbons (Fsp3) is 0.562. The molecule has 21 heavy (non-hydrogen) atoms. The zero-order chi connectivity index (χ0) is 15.2. The standard InChI is InChI=1S/C16H18O5/c1-20-14(18)16(15(19)21-2)7-10-5-9-3-4-13(17)12(9)6-11(10)8-16/h5-6,9,12H,3-4,7-8H2,1-2H3. The number of ether oxygens (including phenoxy) is 2. The summed E-state index contributed by atoms with van der Waals surface area (Å²) in [6.07, 6.45) is 6.04. The van der Waals surface area contributed by atoms with Crippen molar-refractivity contribution in [3.63, 3.8) is 0 Å². The number of carbonyl (C=O) groups is 3. The minimum Gasteiger partial charge on any atom is -0.468 e. The van der Waals surface area contributed by atoms with Crippen molar-refractivity contribution in [1.29, 1.82) is 0 Å². The van der Waals surface area contributed by atoms with E-state index in [-0.39, 0.29) is 24.0 Å². The summed E-state index contributed by atoms with van der Waals surface area (Å²) in [6, 6.07) is 0. The summed E-state index contributed by atoms with van der Waals surface area (Å²) in [5, 5.41) is 0. The number of rotatable bonds is 2. The summed E-state index contributed by atoms with van der Waals surface area (Å²) in [4.78, 5) is 36.2. The topological polar surface area (TPSA) is 69.7 Å². The SMILES string of the molecule is COC(=O)C1(C(=O)OC)CC2=CC3CCC(=O)C3C=C2C1. The molecule has 112 valence electrons. The first-order chi connectivity index (χ1) is 10.0. The number of esters is 2. The van der Waals surface area contributed by atoms with Crippen LogP contribution in [0.2, 0.25) is 0 Å². The van der Waals surface area contributed by atoms with E-state index in [4.69, 9.17) is 9.47 Å². The van der Waals surface area contributed by atoms with Gasteiger partial charge in [-0.1, -0.05) is 12.2 Å². The first-order valence-electron chi connectivity index (χ1n) is 7.13. The number of Topliss-reactive ketones (excluding diaryl/α,β-unsaturated/α-hetero) is 1. The third kappa shape index (κ3) is 1.94. The highest BCUT2D eigenvalue weighted by Crippen LogP contribution is 2.51. The number of hydrogen-bond acceptors (Lipinski definition) is 5. The van der Waals surface area contributed by atoms with Crippen molar-refractivity contribution in [3.05, 3.63) is 23.3 Å². The quantitative estimate of drug-likeness (QED) is 0.570. The maximum absolute atomic E-state index is 12.1. The van der Waals surface area contributed by atoms with Gasteiger partial charge in [0, 0.05) is 12.3 Å². The molecule has 0 amide bonds. The Hall–Kier alpha value is -1.91. The predicted octanol–water partition coefficient (Wildman–Crippen LogP) is 1.57. The van der Waals surface area contributed by atoms with E-state index in [9.17, 15) is 14.4 Å². The van der Waals surface area contributed by atoms with Crippen molar-refractivity contribution in [2.24, 2.45) is 17.3 Å². The molecule has 2 unspecified atom stereocenters. The molecule has 0 aromatic heterocycles. The van der Waals surface area contributed by atoms with Crippen molar-refractivity contribution < 1.29 is 23.9 Å². The van der Waals surface area contributed by atoms with Gasteiger partial charge in [0.25, 0.3) is 0 Å². The third-order valence-electron chi connectivity index (χ3n) is 4.90. The summed E-state index contributed by atoms with van der Waals surface area (Å²) < 4.78 is 9.64. The summed E-state index contributed by atoms with van der Waals surface area (Å²) >= 11 is 0. The number of hydrogen-bond donors (Lipinski definition) is 0. The maximum Gasteiger partial charge on any atom is 0.323 e. The highest BCUT2D eigenvalue weighted by Gasteiger charge is 2.55. The summed E-state index contributed by atoms with van der Waals surface area (Å²) in [6.45, 7) is 0. The van der Waals surface area contributed by atoms with Gasteiger partial charge >= 0.3 is 11.9 Å². The molecule has 2 fully saturated rings. The molecule has 3 rings (SSSR count). The number of methoxy groups -OCH3 is 2. The second-order valence-corrected chi connectivity index (χ2v) is 6.00. The lowest BCUT2D eigenvalue weighted by molar-refractivity contribution is -0.168. The predicted molar refractivity (Wildman–Crippen MR) is 73.1 cm³/mol. The lowest BCUT2D eigenvalue weighted by Crippen LogP contribution is -2.38. The van der Waals surface area contributed by atoms with Crippen molar-refractivity contribution in [2.75, 3.05) is 14.2 Å². The van der Waals surface area contributed by atoms with E-state index in [0.717, 1.165) is 17.6 Å². The third-order valence-corrected chi connectivity index (χ3v) is 4.90. The molecule has 0 bridgehead atoms. The van der Waals surface area contributed by atoms with E-state index >= 15 is 0 Å². The van der Waals surface area contributed by atoms with Crippen LogP contribution in [0.1, 0.15) is 25.7 Å². The molecule has 3 aliphatic carbocycles. The molecule has 0 aliphatic heterocycles. The highest BCUT2D eigenvalue weighted by molar-refractivity contribution is 6.02. The van der Waals surface area contributed by atoms with Gasteiger partial charge in [0.05, 0.1) is 14.2 Å². The highest BCUT2D eigenvalue weighted by atomic mass is 16.5. The fourth-order valence-electron chi connectivity index (χ4n) is 3.81. The first-order valence-corrected chi connectivity index (χ1v) is 7.13. The molecule has 5 nitrogen and oxygen atoms in total. The lowest BCUT2D eigenvalue weighted by Gasteiger charge is -2.21. The Morgan fingerprint density at radius 2 is 1.67 bits per heavy atom. The second kappa shape index (κ2) is 4.83. The van der Waals surface area contributed by atoms with Crippen LogP contribution in [0.5, 0.6) is 0 Å². The van der Waals surface area contributed by atoms with Crippen LogP contribution in [0.4, 0.5) is 0 Å². The molecule has 0 aromatic rings. The van der Waals surface area contributed by atoms with Gasteiger partial charge in [-0.15, -0.1) is 0 Å². The molecule has 0 spiro atoms. The molecule has 2 saturated carbocycles. The number of ketones is 1. The average molecular weight is 290 g/mol. The molecule has 3 aliphatic rings. The van der Waals surface area contributed by atoms with E-state index in [0.29, 0.717) is 12.8 Å². The normalized spacial score (nSPS) is 29.1. The van der Waals surface area contributed by atoms with Gasteiger partial charge in [-0.2, -0.15) is 0 Å². The molecule has 5 heteroatoms. The average Bonchev–Trinajstić information content (AvgIpc) is 3.05. The summed E-state index contributed by atoms with van der Waals surface area (Å²) in [5.74, 6) is -0.766. The van der Waals surface area contributed by atoms with E-state index in [1.165, 1.54) is 14.2 Å². The number of carbonyl (C=O) groups excluding carboxylic acids is 3. The second-order valence-electron chi connectivity index (χ2n) is 6.00. The van der Waals surface area contributed by atoms with Crippen molar-refractivity contribution >= 4 is 17.7 Å². The van der Waals surface area contributed by atoms with Gasteiger partial charge in [-0.3, -0.25) is 14.4 Å². The van der Waals surface area contributed by atoms with Crippen molar-refractivity contribution in [1.82, 2.24) is 0 Å². The largest absolute Gasteiger partial charge is 0.468 e. The van der Waals surface area contributed by atoms with Crippen molar-refractivity contribution in [2.45, 2.75) is 25.7 Å². The minimum atomic E-state index is -1.29. The molecule has 0 radical (unpaired) electrons. The van der Waals surface area contributed by atoms with Crippen LogP contribution in [0.3, 0.4) is 0 Å². The van der Waals surface area contributed by atoms with Crippen LogP contribution < -0.4 is 0 Å². The Morgan fingerprint density at radius 1 is 1.10 bits per heavy atom. The molecule has 0 N–H and O–H groups in total. The van der Waals surface area contributed by atoms with E-state index in [1.807, 2.05) is 6.08 Å². The van der Waals surface area contributed by atoms with Gasteiger partial charge in [-0.25, -0.2) is 0 Å². The zero-order valence-electron chi connectivity index (χ0n) is 12.2. The van der Waals surface area contributed by atoms with E-state index in [1.54, 1.807) is 0 Å². The Bertz CT molecular complexity index is 567. The summed E-state index contributed by atoms with van der Waals surface area (Å²) in [7, 11) is 2.55. The van der Waals surface area contributed by atoms with Crippen LogP contribution in [-0.4, -0.2) is 31.9 Å². The fourth-order valence-corrected chi connectivity index (χ4v) is 3.81. The van der Waals surface area contributed by atoms with Gasteiger partial charge in [0.1, 0.15) is 5.78 Å². The smallest absolute Gasteiger partial charge is 0.323 e. The number of fused-ring (bicyclic) bond motifs is 2. The molecule has 0 saturated heterocycles. The zero-order valence-corrected chi connectivity index (χ0v) is 12.2. The van der Waals surface area contributed by atoms with Gasteiger partial charge < -0.3 is 9.47 Å². The van der Waals surface area contributed by atoms with Crippen LogP contribution in [-0.2, 0) is 23.9 Å². The monoisotopic (exact) mass is 290 g/mol. The molecule has 0 heterocycles. The minimum absolute atomic E-state index is 0.0881. The van der Waals surface area contributed by atoms with Gasteiger partial charge in [0.2, 0.25) is 0 Å². The van der Waals surface area contributed by atoms with Crippen LogP contribution in [0.25, 0.3) is 0 Å². The van der Waals surface area contributed by atoms with Gasteiger partial charge in [-0.05, 0) is 36.3 Å². The van der Waals surface area contributed by atoms with Gasteiger partial charge in [0.15, 0.2) is 5.41 Å². The van der Waals surface area contributed by atoms with Crippen LogP contribution in [0.15, 0.2) is 23.3 Å². The summed E-state index contributed by atoms with van der Waals surface area (Å²) in [5.41, 5.74) is 0.618. The molecule has 2 atom stereocenters. The first kappa shape index (κ1) is 14.0. The lowest BCUT2D eigenvalue weighted by atomic mass is 9.85. The van der Waals surface area contributed by atoms with Crippen molar-refractivity contribution in [3.8, 4) is 0 Å². The van der Waals surface area contributed by atoms with E-state index < -0.39 is 17.4 Å². The number of allylic oxidation sites excluding steroid dienone is 4. The van der Waals surface area contributed by atoms with Crippen LogP contribution in [0, 0.1) is 17.3 Å². The molecular weight excluding hydrogens is 272 g/mol. The Balaban J connectivity index is 1.98.